The molecule has 0 spiro atoms. The SMILES string of the molecule is C[C@H]1CNc2ccccc2N(C)C1=O. The standard InChI is InChI=1S/C11H14N2O/c1-8-7-12-9-5-3-4-6-10(9)13(2)11(8)14/h3-6,8,12H,7H2,1-2H3/t8-/m0/s1. The van der Waals surface area contributed by atoms with Gasteiger partial charge in [0.25, 0.3) is 0 Å². The summed E-state index contributed by atoms with van der Waals surface area (Å²) in [6, 6.07) is 7.87. The van der Waals surface area contributed by atoms with E-state index in [2.05, 4.69) is 5.32 Å². The van der Waals surface area contributed by atoms with E-state index in [1.807, 2.05) is 38.2 Å². The van der Waals surface area contributed by atoms with E-state index < -0.39 is 0 Å². The Morgan fingerprint density at radius 1 is 1.43 bits per heavy atom. The summed E-state index contributed by atoms with van der Waals surface area (Å²) in [7, 11) is 1.82. The van der Waals surface area contributed by atoms with Crippen molar-refractivity contribution in [3.8, 4) is 0 Å². The van der Waals surface area contributed by atoms with E-state index in [0.29, 0.717) is 6.54 Å². The molecule has 14 heavy (non-hydrogen) atoms. The molecule has 0 saturated heterocycles. The van der Waals surface area contributed by atoms with Gasteiger partial charge in [-0.05, 0) is 12.1 Å². The number of benzene rings is 1. The Morgan fingerprint density at radius 3 is 2.93 bits per heavy atom. The number of anilines is 2. The minimum atomic E-state index is 0.0346. The molecule has 1 atom stereocenters. The molecular formula is C11H14N2O. The lowest BCUT2D eigenvalue weighted by molar-refractivity contribution is -0.121. The maximum atomic E-state index is 11.8. The molecule has 74 valence electrons. The number of hydrogen-bond acceptors (Lipinski definition) is 2. The lowest BCUT2D eigenvalue weighted by Gasteiger charge is -2.18. The maximum absolute atomic E-state index is 11.8. The Kier molecular flexibility index (Phi) is 2.15. The van der Waals surface area contributed by atoms with Gasteiger partial charge in [-0.3, -0.25) is 4.79 Å². The van der Waals surface area contributed by atoms with Crippen molar-refractivity contribution in [2.45, 2.75) is 6.92 Å². The van der Waals surface area contributed by atoms with Crippen LogP contribution in [0.15, 0.2) is 24.3 Å². The van der Waals surface area contributed by atoms with Crippen molar-refractivity contribution in [1.29, 1.82) is 0 Å². The molecule has 1 aromatic carbocycles. The smallest absolute Gasteiger partial charge is 0.231 e. The largest absolute Gasteiger partial charge is 0.383 e. The molecule has 3 nitrogen and oxygen atoms in total. The fourth-order valence-corrected chi connectivity index (χ4v) is 1.72. The summed E-state index contributed by atoms with van der Waals surface area (Å²) in [4.78, 5) is 13.5. The third-order valence-electron chi connectivity index (χ3n) is 2.62. The lowest BCUT2D eigenvalue weighted by atomic mass is 10.1. The van der Waals surface area contributed by atoms with Gasteiger partial charge in [0.2, 0.25) is 5.91 Å². The molecule has 1 aliphatic heterocycles. The van der Waals surface area contributed by atoms with Gasteiger partial charge in [-0.2, -0.15) is 0 Å². The number of fused-ring (bicyclic) bond motifs is 1. The molecule has 0 aliphatic carbocycles. The van der Waals surface area contributed by atoms with E-state index in [1.165, 1.54) is 0 Å². The maximum Gasteiger partial charge on any atom is 0.231 e. The number of nitrogens with one attached hydrogen (secondary N) is 1. The number of rotatable bonds is 0. The Bertz CT molecular complexity index is 362. The van der Waals surface area contributed by atoms with Crippen molar-refractivity contribution in [3.05, 3.63) is 24.3 Å². The molecule has 0 radical (unpaired) electrons. The average Bonchev–Trinajstić information content (AvgIpc) is 2.32. The predicted octanol–water partition coefficient (Wildman–Crippen LogP) is 1.71. The van der Waals surface area contributed by atoms with Crippen LogP contribution < -0.4 is 10.2 Å². The van der Waals surface area contributed by atoms with Gasteiger partial charge in [0.05, 0.1) is 17.3 Å². The zero-order chi connectivity index (χ0) is 10.1. The lowest BCUT2D eigenvalue weighted by Crippen LogP contribution is -2.31. The van der Waals surface area contributed by atoms with E-state index in [0.717, 1.165) is 11.4 Å². The summed E-state index contributed by atoms with van der Waals surface area (Å²) in [6.07, 6.45) is 0. The number of carbonyl (C=O) groups is 1. The van der Waals surface area contributed by atoms with Gasteiger partial charge in [0.15, 0.2) is 0 Å². The highest BCUT2D eigenvalue weighted by molar-refractivity contribution is 5.99. The van der Waals surface area contributed by atoms with Crippen LogP contribution in [0, 0.1) is 5.92 Å². The second-order valence-electron chi connectivity index (χ2n) is 3.70. The van der Waals surface area contributed by atoms with Crippen LogP contribution >= 0.6 is 0 Å². The van der Waals surface area contributed by atoms with Crippen molar-refractivity contribution in [2.24, 2.45) is 5.92 Å². The molecule has 1 N–H and O–H groups in total. The third-order valence-corrected chi connectivity index (χ3v) is 2.62. The van der Waals surface area contributed by atoms with Crippen LogP contribution in [0.5, 0.6) is 0 Å². The Labute approximate surface area is 83.7 Å². The van der Waals surface area contributed by atoms with Gasteiger partial charge >= 0.3 is 0 Å². The zero-order valence-electron chi connectivity index (χ0n) is 8.45. The van der Waals surface area contributed by atoms with Crippen LogP contribution in [0.1, 0.15) is 6.92 Å². The van der Waals surface area contributed by atoms with Crippen LogP contribution in [0.25, 0.3) is 0 Å². The van der Waals surface area contributed by atoms with Crippen LogP contribution in [0.2, 0.25) is 0 Å². The van der Waals surface area contributed by atoms with Gasteiger partial charge in [0, 0.05) is 13.6 Å². The minimum Gasteiger partial charge on any atom is -0.383 e. The molecule has 1 aromatic rings. The molecule has 0 unspecified atom stereocenters. The van der Waals surface area contributed by atoms with Crippen molar-refractivity contribution < 1.29 is 4.79 Å². The summed E-state index contributed by atoms with van der Waals surface area (Å²) < 4.78 is 0. The van der Waals surface area contributed by atoms with Crippen LogP contribution in [0.3, 0.4) is 0 Å². The number of para-hydroxylation sites is 2. The molecule has 0 fully saturated rings. The minimum absolute atomic E-state index is 0.0346. The molecule has 0 aromatic heterocycles. The highest BCUT2D eigenvalue weighted by atomic mass is 16.2. The van der Waals surface area contributed by atoms with Crippen LogP contribution in [-0.2, 0) is 4.79 Å². The van der Waals surface area contributed by atoms with Gasteiger partial charge in [-0.15, -0.1) is 0 Å². The zero-order valence-corrected chi connectivity index (χ0v) is 8.45. The van der Waals surface area contributed by atoms with Crippen molar-refractivity contribution in [1.82, 2.24) is 0 Å². The van der Waals surface area contributed by atoms with Crippen LogP contribution in [-0.4, -0.2) is 19.5 Å². The first kappa shape index (κ1) is 9.06. The predicted molar refractivity (Wildman–Crippen MR) is 57.5 cm³/mol. The number of hydrogen-bond donors (Lipinski definition) is 1. The molecule has 1 amide bonds. The van der Waals surface area contributed by atoms with E-state index in [9.17, 15) is 4.79 Å². The molecule has 0 saturated carbocycles. The van der Waals surface area contributed by atoms with Gasteiger partial charge in [-0.25, -0.2) is 0 Å². The monoisotopic (exact) mass is 190 g/mol. The van der Waals surface area contributed by atoms with E-state index in [1.54, 1.807) is 4.90 Å². The molecule has 3 heteroatoms. The molecule has 1 heterocycles. The van der Waals surface area contributed by atoms with E-state index >= 15 is 0 Å². The molecule has 0 bridgehead atoms. The second-order valence-corrected chi connectivity index (χ2v) is 3.70. The summed E-state index contributed by atoms with van der Waals surface area (Å²) in [5, 5.41) is 3.27. The third kappa shape index (κ3) is 1.35. The summed E-state index contributed by atoms with van der Waals surface area (Å²) in [6.45, 7) is 2.65. The Hall–Kier alpha value is -1.51. The fraction of sp³-hybridized carbons (Fsp3) is 0.364. The Morgan fingerprint density at radius 2 is 2.14 bits per heavy atom. The number of nitrogens with zero attached hydrogens (tertiary/aromatic N) is 1. The summed E-state index contributed by atoms with van der Waals surface area (Å²) >= 11 is 0. The van der Waals surface area contributed by atoms with Crippen molar-refractivity contribution >= 4 is 17.3 Å². The van der Waals surface area contributed by atoms with E-state index in [4.69, 9.17) is 0 Å². The highest BCUT2D eigenvalue weighted by Crippen LogP contribution is 2.28. The summed E-state index contributed by atoms with van der Waals surface area (Å²) in [5.74, 6) is 0.204. The normalized spacial score (nSPS) is 21.1. The quantitative estimate of drug-likeness (QED) is 0.675. The van der Waals surface area contributed by atoms with Gasteiger partial charge < -0.3 is 10.2 Å². The highest BCUT2D eigenvalue weighted by Gasteiger charge is 2.23. The Balaban J connectivity index is 2.45. The fourth-order valence-electron chi connectivity index (χ4n) is 1.72. The van der Waals surface area contributed by atoms with E-state index in [-0.39, 0.29) is 11.8 Å². The number of carbonyl (C=O) groups excluding carboxylic acids is 1. The second kappa shape index (κ2) is 3.33. The van der Waals surface area contributed by atoms with Gasteiger partial charge in [-0.1, -0.05) is 19.1 Å². The molecule has 1 aliphatic rings. The molecular weight excluding hydrogens is 176 g/mol. The average molecular weight is 190 g/mol. The molecule has 2 rings (SSSR count). The first-order chi connectivity index (χ1) is 6.70. The topological polar surface area (TPSA) is 32.3 Å². The van der Waals surface area contributed by atoms with Crippen LogP contribution in [0.4, 0.5) is 11.4 Å². The van der Waals surface area contributed by atoms with Crippen molar-refractivity contribution in [3.63, 3.8) is 0 Å². The van der Waals surface area contributed by atoms with Crippen molar-refractivity contribution in [2.75, 3.05) is 23.8 Å². The summed E-state index contributed by atoms with van der Waals surface area (Å²) in [5.41, 5.74) is 1.99. The first-order valence-corrected chi connectivity index (χ1v) is 4.80. The first-order valence-electron chi connectivity index (χ1n) is 4.80. The number of amides is 1. The van der Waals surface area contributed by atoms with Gasteiger partial charge in [0.1, 0.15) is 0 Å².